The normalized spacial score (nSPS) is 11.9. The largest absolute Gasteiger partial charge is 0.383 e. The summed E-state index contributed by atoms with van der Waals surface area (Å²) in [5, 5.41) is 7.21. The Bertz CT molecular complexity index is 493. The predicted molar refractivity (Wildman–Crippen MR) is 74.6 cm³/mol. The quantitative estimate of drug-likeness (QED) is 0.808. The molecule has 98 valence electrons. The highest BCUT2D eigenvalue weighted by molar-refractivity contribution is 9.10. The summed E-state index contributed by atoms with van der Waals surface area (Å²) in [6.45, 7) is 2.82. The summed E-state index contributed by atoms with van der Waals surface area (Å²) in [7, 11) is 1.58. The van der Waals surface area contributed by atoms with Crippen molar-refractivity contribution in [2.24, 2.45) is 0 Å². The van der Waals surface area contributed by atoms with Crippen LogP contribution in [-0.4, -0.2) is 29.5 Å². The van der Waals surface area contributed by atoms with Gasteiger partial charge in [-0.3, -0.25) is 4.79 Å². The number of anilines is 1. The number of terminal acetylenes is 1. The van der Waals surface area contributed by atoms with E-state index in [4.69, 9.17) is 11.2 Å². The maximum absolute atomic E-state index is 12.0. The van der Waals surface area contributed by atoms with E-state index in [1.165, 1.54) is 4.68 Å². The number of hydrogen-bond donors (Lipinski definition) is 1. The van der Waals surface area contributed by atoms with Crippen LogP contribution in [-0.2, 0) is 11.3 Å². The van der Waals surface area contributed by atoms with E-state index in [0.717, 1.165) is 0 Å². The molecule has 1 rings (SSSR count). The number of rotatable bonds is 6. The lowest BCUT2D eigenvalue weighted by atomic mass is 10.2. The number of methoxy groups -OCH3 is 1. The molecule has 0 saturated carbocycles. The molecule has 0 aliphatic heterocycles. The lowest BCUT2D eigenvalue weighted by Crippen LogP contribution is -2.27. The van der Waals surface area contributed by atoms with Gasteiger partial charge in [0.05, 0.1) is 25.0 Å². The van der Waals surface area contributed by atoms with Gasteiger partial charge in [0.1, 0.15) is 4.47 Å². The van der Waals surface area contributed by atoms with Crippen molar-refractivity contribution in [3.8, 4) is 12.3 Å². The molecule has 1 aromatic rings. The standard InChI is InChI=1S/C12H16BrN3O2/c1-4-5-9(2)15-10-8-14-16(6-7-18-3)12(17)11(10)13/h1,8-9,15H,5-7H2,2-3H3. The van der Waals surface area contributed by atoms with Crippen LogP contribution in [0, 0.1) is 12.3 Å². The summed E-state index contributed by atoms with van der Waals surface area (Å²) in [5.74, 6) is 2.56. The van der Waals surface area contributed by atoms with Gasteiger partial charge < -0.3 is 10.1 Å². The lowest BCUT2D eigenvalue weighted by molar-refractivity contribution is 0.181. The van der Waals surface area contributed by atoms with Gasteiger partial charge in [0, 0.05) is 19.6 Å². The Labute approximate surface area is 115 Å². The first-order valence-corrected chi connectivity index (χ1v) is 6.34. The summed E-state index contributed by atoms with van der Waals surface area (Å²) >= 11 is 3.27. The lowest BCUT2D eigenvalue weighted by Gasteiger charge is -2.14. The Morgan fingerprint density at radius 3 is 3.06 bits per heavy atom. The van der Waals surface area contributed by atoms with Gasteiger partial charge in [-0.2, -0.15) is 5.10 Å². The van der Waals surface area contributed by atoms with Crippen molar-refractivity contribution < 1.29 is 4.74 Å². The monoisotopic (exact) mass is 313 g/mol. The number of nitrogens with one attached hydrogen (secondary N) is 1. The minimum atomic E-state index is -0.190. The zero-order valence-electron chi connectivity index (χ0n) is 10.4. The molecule has 0 spiro atoms. The second-order valence-electron chi connectivity index (χ2n) is 3.85. The van der Waals surface area contributed by atoms with Crippen molar-refractivity contribution in [3.05, 3.63) is 21.0 Å². The van der Waals surface area contributed by atoms with Crippen LogP contribution in [0.25, 0.3) is 0 Å². The highest BCUT2D eigenvalue weighted by atomic mass is 79.9. The highest BCUT2D eigenvalue weighted by Crippen LogP contribution is 2.17. The van der Waals surface area contributed by atoms with Crippen LogP contribution in [0.3, 0.4) is 0 Å². The predicted octanol–water partition coefficient (Wildman–Crippen LogP) is 1.48. The van der Waals surface area contributed by atoms with Gasteiger partial charge in [0.25, 0.3) is 5.56 Å². The zero-order valence-corrected chi connectivity index (χ0v) is 12.0. The van der Waals surface area contributed by atoms with Crippen LogP contribution < -0.4 is 10.9 Å². The first-order chi connectivity index (χ1) is 8.60. The number of hydrogen-bond acceptors (Lipinski definition) is 4. The van der Waals surface area contributed by atoms with Gasteiger partial charge in [0.15, 0.2) is 0 Å². The summed E-state index contributed by atoms with van der Waals surface area (Å²) in [6.07, 6.45) is 7.42. The molecule has 0 fully saturated rings. The van der Waals surface area contributed by atoms with Gasteiger partial charge in [-0.1, -0.05) is 0 Å². The van der Waals surface area contributed by atoms with E-state index in [9.17, 15) is 4.79 Å². The van der Waals surface area contributed by atoms with E-state index < -0.39 is 0 Å². The number of ether oxygens (including phenoxy) is 1. The molecule has 0 aliphatic carbocycles. The molecule has 1 N–H and O–H groups in total. The summed E-state index contributed by atoms with van der Waals surface area (Å²) in [6, 6.07) is 0.0855. The van der Waals surface area contributed by atoms with Crippen LogP contribution in [0.15, 0.2) is 15.5 Å². The Morgan fingerprint density at radius 2 is 2.44 bits per heavy atom. The van der Waals surface area contributed by atoms with Gasteiger partial charge in [-0.25, -0.2) is 4.68 Å². The molecule has 0 saturated heterocycles. The van der Waals surface area contributed by atoms with E-state index in [1.807, 2.05) is 6.92 Å². The maximum atomic E-state index is 12.0. The fraction of sp³-hybridized carbons (Fsp3) is 0.500. The average molecular weight is 314 g/mol. The first-order valence-electron chi connectivity index (χ1n) is 5.54. The van der Waals surface area contributed by atoms with Crippen LogP contribution >= 0.6 is 15.9 Å². The highest BCUT2D eigenvalue weighted by Gasteiger charge is 2.10. The van der Waals surface area contributed by atoms with Crippen LogP contribution in [0.2, 0.25) is 0 Å². The average Bonchev–Trinajstić information content (AvgIpc) is 2.34. The van der Waals surface area contributed by atoms with E-state index in [2.05, 4.69) is 32.3 Å². The molecule has 18 heavy (non-hydrogen) atoms. The Morgan fingerprint density at radius 1 is 1.72 bits per heavy atom. The minimum Gasteiger partial charge on any atom is -0.383 e. The Kier molecular flexibility index (Phi) is 5.89. The SMILES string of the molecule is C#CCC(C)Nc1cnn(CCOC)c(=O)c1Br. The van der Waals surface area contributed by atoms with Crippen molar-refractivity contribution in [3.63, 3.8) is 0 Å². The summed E-state index contributed by atoms with van der Waals surface area (Å²) < 4.78 is 6.72. The molecule has 1 aromatic heterocycles. The van der Waals surface area contributed by atoms with Gasteiger partial charge >= 0.3 is 0 Å². The first kappa shape index (κ1) is 14.7. The summed E-state index contributed by atoms with van der Waals surface area (Å²) in [5.41, 5.74) is 0.460. The van der Waals surface area contributed by atoms with Crippen LogP contribution in [0.1, 0.15) is 13.3 Å². The van der Waals surface area contributed by atoms with E-state index in [0.29, 0.717) is 29.7 Å². The van der Waals surface area contributed by atoms with Crippen molar-refractivity contribution in [2.75, 3.05) is 19.0 Å². The molecule has 0 aromatic carbocycles. The van der Waals surface area contributed by atoms with Crippen molar-refractivity contribution in [1.29, 1.82) is 0 Å². The zero-order chi connectivity index (χ0) is 13.5. The third-order valence-corrected chi connectivity index (χ3v) is 3.08. The molecular formula is C12H16BrN3O2. The van der Waals surface area contributed by atoms with Crippen LogP contribution in [0.4, 0.5) is 5.69 Å². The maximum Gasteiger partial charge on any atom is 0.283 e. The van der Waals surface area contributed by atoms with E-state index >= 15 is 0 Å². The molecule has 5 nitrogen and oxygen atoms in total. The second kappa shape index (κ2) is 7.19. The molecular weight excluding hydrogens is 298 g/mol. The summed E-state index contributed by atoms with van der Waals surface area (Å²) in [4.78, 5) is 12.0. The van der Waals surface area contributed by atoms with Gasteiger partial charge in [0.2, 0.25) is 0 Å². The fourth-order valence-corrected chi connectivity index (χ4v) is 1.82. The molecule has 0 aliphatic rings. The molecule has 1 heterocycles. The van der Waals surface area contributed by atoms with Gasteiger partial charge in [-0.15, -0.1) is 12.3 Å². The molecule has 0 radical (unpaired) electrons. The van der Waals surface area contributed by atoms with E-state index in [1.54, 1.807) is 13.3 Å². The molecule has 0 amide bonds. The van der Waals surface area contributed by atoms with Crippen molar-refractivity contribution >= 4 is 21.6 Å². The molecule has 1 unspecified atom stereocenters. The Hall–Kier alpha value is -1.32. The van der Waals surface area contributed by atoms with Gasteiger partial charge in [-0.05, 0) is 22.9 Å². The Balaban J connectivity index is 2.87. The smallest absolute Gasteiger partial charge is 0.283 e. The number of nitrogens with zero attached hydrogens (tertiary/aromatic N) is 2. The van der Waals surface area contributed by atoms with Crippen LogP contribution in [0.5, 0.6) is 0 Å². The fourth-order valence-electron chi connectivity index (χ4n) is 1.40. The van der Waals surface area contributed by atoms with Crippen molar-refractivity contribution in [2.45, 2.75) is 25.9 Å². The number of aromatic nitrogens is 2. The molecule has 0 bridgehead atoms. The van der Waals surface area contributed by atoms with Crippen molar-refractivity contribution in [1.82, 2.24) is 9.78 Å². The van der Waals surface area contributed by atoms with E-state index in [-0.39, 0.29) is 11.6 Å². The minimum absolute atomic E-state index is 0.0855. The third-order valence-electron chi connectivity index (χ3n) is 2.32. The molecule has 1 atom stereocenters. The second-order valence-corrected chi connectivity index (χ2v) is 4.64. The topological polar surface area (TPSA) is 56.1 Å². The number of halogens is 1. The molecule has 6 heteroatoms. The third kappa shape index (κ3) is 3.86.